The number of nitrogens with one attached hydrogen (secondary N) is 1. The van der Waals surface area contributed by atoms with Gasteiger partial charge in [-0.2, -0.15) is 5.10 Å². The van der Waals surface area contributed by atoms with E-state index in [1.165, 1.54) is 6.21 Å². The number of methoxy groups -OCH3 is 2. The number of benzene rings is 1. The smallest absolute Gasteiger partial charge is 0.269 e. The maximum Gasteiger partial charge on any atom is 0.269 e. The molecule has 1 atom stereocenters. The van der Waals surface area contributed by atoms with Crippen molar-refractivity contribution in [3.63, 3.8) is 0 Å². The van der Waals surface area contributed by atoms with E-state index < -0.39 is 0 Å². The number of carbonyl (C=O) groups is 1. The number of rotatable bonds is 5. The van der Waals surface area contributed by atoms with E-state index in [-0.39, 0.29) is 12.0 Å². The van der Waals surface area contributed by atoms with Gasteiger partial charge in [0, 0.05) is 18.2 Å². The number of carbonyl (C=O) groups excluding carboxylic acids is 1. The second-order valence-corrected chi connectivity index (χ2v) is 4.34. The average Bonchev–Trinajstić information content (AvgIpc) is 3.01. The van der Waals surface area contributed by atoms with Crippen molar-refractivity contribution in [3.8, 4) is 11.5 Å². The van der Waals surface area contributed by atoms with Gasteiger partial charge in [0.05, 0.1) is 20.4 Å². The van der Waals surface area contributed by atoms with Crippen LogP contribution in [0.3, 0.4) is 0 Å². The van der Waals surface area contributed by atoms with Gasteiger partial charge in [0.1, 0.15) is 17.6 Å². The van der Waals surface area contributed by atoms with E-state index in [0.717, 1.165) is 18.4 Å². The van der Waals surface area contributed by atoms with Gasteiger partial charge >= 0.3 is 0 Å². The maximum absolute atomic E-state index is 11.7. The molecule has 1 aromatic rings. The average molecular weight is 278 g/mol. The van der Waals surface area contributed by atoms with Crippen molar-refractivity contribution in [2.75, 3.05) is 20.8 Å². The minimum atomic E-state index is -0.384. The van der Waals surface area contributed by atoms with Gasteiger partial charge < -0.3 is 14.2 Å². The first-order valence-corrected chi connectivity index (χ1v) is 6.41. The van der Waals surface area contributed by atoms with Gasteiger partial charge in [0.15, 0.2) is 0 Å². The van der Waals surface area contributed by atoms with Crippen LogP contribution in [-0.4, -0.2) is 39.1 Å². The van der Waals surface area contributed by atoms with Crippen LogP contribution >= 0.6 is 0 Å². The number of hydrazone groups is 1. The lowest BCUT2D eigenvalue weighted by molar-refractivity contribution is -0.130. The first kappa shape index (κ1) is 14.3. The van der Waals surface area contributed by atoms with Crippen molar-refractivity contribution < 1.29 is 19.0 Å². The molecule has 0 unspecified atom stereocenters. The Balaban J connectivity index is 1.98. The van der Waals surface area contributed by atoms with Crippen LogP contribution in [0.2, 0.25) is 0 Å². The molecule has 1 heterocycles. The minimum absolute atomic E-state index is 0.216. The van der Waals surface area contributed by atoms with Crippen molar-refractivity contribution in [1.82, 2.24) is 5.43 Å². The summed E-state index contributed by atoms with van der Waals surface area (Å²) in [5, 5.41) is 3.92. The molecule has 0 radical (unpaired) electrons. The standard InChI is InChI=1S/C14H18N2O4/c1-18-11-6-5-10(13(8-11)19-2)9-15-16-14(17)12-4-3-7-20-12/h5-6,8-9,12H,3-4,7H2,1-2H3,(H,16,17)/b15-9-/t12-/m0/s1. The molecule has 6 nitrogen and oxygen atoms in total. The predicted octanol–water partition coefficient (Wildman–Crippen LogP) is 1.33. The highest BCUT2D eigenvalue weighted by Gasteiger charge is 2.22. The summed E-state index contributed by atoms with van der Waals surface area (Å²) >= 11 is 0. The highest BCUT2D eigenvalue weighted by molar-refractivity contribution is 5.86. The molecule has 1 N–H and O–H groups in total. The quantitative estimate of drug-likeness (QED) is 0.651. The van der Waals surface area contributed by atoms with Gasteiger partial charge in [-0.3, -0.25) is 4.79 Å². The molecular weight excluding hydrogens is 260 g/mol. The summed E-state index contributed by atoms with van der Waals surface area (Å²) in [6.45, 7) is 0.633. The monoisotopic (exact) mass is 278 g/mol. The Morgan fingerprint density at radius 1 is 1.45 bits per heavy atom. The van der Waals surface area contributed by atoms with E-state index in [4.69, 9.17) is 14.2 Å². The summed E-state index contributed by atoms with van der Waals surface area (Å²) in [6.07, 6.45) is 2.80. The molecule has 1 saturated heterocycles. The highest BCUT2D eigenvalue weighted by atomic mass is 16.5. The van der Waals surface area contributed by atoms with Crippen LogP contribution in [-0.2, 0) is 9.53 Å². The molecular formula is C14H18N2O4. The van der Waals surface area contributed by atoms with Gasteiger partial charge in [0.25, 0.3) is 5.91 Å². The number of amides is 1. The molecule has 1 fully saturated rings. The lowest BCUT2D eigenvalue weighted by atomic mass is 10.2. The molecule has 1 aliphatic rings. The molecule has 108 valence electrons. The number of hydrogen-bond acceptors (Lipinski definition) is 5. The van der Waals surface area contributed by atoms with Crippen molar-refractivity contribution in [3.05, 3.63) is 23.8 Å². The predicted molar refractivity (Wildman–Crippen MR) is 74.3 cm³/mol. The van der Waals surface area contributed by atoms with Gasteiger partial charge in [-0.15, -0.1) is 0 Å². The van der Waals surface area contributed by atoms with Gasteiger partial charge in [-0.1, -0.05) is 0 Å². The molecule has 1 aromatic carbocycles. The second-order valence-electron chi connectivity index (χ2n) is 4.34. The Bertz CT molecular complexity index is 496. The summed E-state index contributed by atoms with van der Waals surface area (Å²) in [5.74, 6) is 1.10. The molecule has 1 aliphatic heterocycles. The maximum atomic E-state index is 11.7. The third-order valence-electron chi connectivity index (χ3n) is 3.04. The first-order valence-electron chi connectivity index (χ1n) is 6.41. The summed E-state index contributed by atoms with van der Waals surface area (Å²) < 4.78 is 15.6. The Labute approximate surface area is 117 Å². The van der Waals surface area contributed by atoms with E-state index in [0.29, 0.717) is 18.1 Å². The van der Waals surface area contributed by atoms with E-state index in [1.807, 2.05) is 0 Å². The third-order valence-corrected chi connectivity index (χ3v) is 3.04. The van der Waals surface area contributed by atoms with Crippen LogP contribution in [0.1, 0.15) is 18.4 Å². The largest absolute Gasteiger partial charge is 0.497 e. The summed E-state index contributed by atoms with van der Waals surface area (Å²) in [6, 6.07) is 5.36. The molecule has 1 amide bonds. The number of ether oxygens (including phenoxy) is 3. The molecule has 0 spiro atoms. The van der Waals surface area contributed by atoms with E-state index >= 15 is 0 Å². The van der Waals surface area contributed by atoms with E-state index in [2.05, 4.69) is 10.5 Å². The van der Waals surface area contributed by atoms with Gasteiger partial charge in [-0.25, -0.2) is 5.43 Å². The fourth-order valence-electron chi connectivity index (χ4n) is 1.95. The van der Waals surface area contributed by atoms with Gasteiger partial charge in [-0.05, 0) is 25.0 Å². The summed E-state index contributed by atoms with van der Waals surface area (Å²) in [7, 11) is 3.15. The van der Waals surface area contributed by atoms with Crippen LogP contribution < -0.4 is 14.9 Å². The Kier molecular flexibility index (Phi) is 4.95. The molecule has 20 heavy (non-hydrogen) atoms. The minimum Gasteiger partial charge on any atom is -0.497 e. The Hall–Kier alpha value is -2.08. The molecule has 0 aliphatic carbocycles. The van der Waals surface area contributed by atoms with Crippen LogP contribution in [0.25, 0.3) is 0 Å². The normalized spacial score (nSPS) is 18.2. The Morgan fingerprint density at radius 3 is 2.95 bits per heavy atom. The van der Waals surface area contributed by atoms with E-state index in [9.17, 15) is 4.79 Å². The second kappa shape index (κ2) is 6.91. The third kappa shape index (κ3) is 3.48. The lowest BCUT2D eigenvalue weighted by Gasteiger charge is -2.08. The van der Waals surface area contributed by atoms with Crippen molar-refractivity contribution in [2.24, 2.45) is 5.10 Å². The van der Waals surface area contributed by atoms with Crippen LogP contribution in [0.4, 0.5) is 0 Å². The van der Waals surface area contributed by atoms with Crippen LogP contribution in [0, 0.1) is 0 Å². The van der Waals surface area contributed by atoms with Gasteiger partial charge in [0.2, 0.25) is 0 Å². The molecule has 6 heteroatoms. The SMILES string of the molecule is COc1ccc(/C=N\NC(=O)[C@@H]2CCCO2)c(OC)c1. The number of hydrogen-bond donors (Lipinski definition) is 1. The highest BCUT2D eigenvalue weighted by Crippen LogP contribution is 2.23. The fraction of sp³-hybridized carbons (Fsp3) is 0.429. The van der Waals surface area contributed by atoms with Crippen molar-refractivity contribution >= 4 is 12.1 Å². The van der Waals surface area contributed by atoms with Crippen LogP contribution in [0.5, 0.6) is 11.5 Å². The molecule has 0 bridgehead atoms. The van der Waals surface area contributed by atoms with Crippen molar-refractivity contribution in [2.45, 2.75) is 18.9 Å². The fourth-order valence-corrected chi connectivity index (χ4v) is 1.95. The summed E-state index contributed by atoms with van der Waals surface area (Å²) in [5.41, 5.74) is 3.22. The van der Waals surface area contributed by atoms with E-state index in [1.54, 1.807) is 32.4 Å². The first-order chi connectivity index (χ1) is 9.74. The molecule has 2 rings (SSSR count). The molecule has 0 saturated carbocycles. The number of nitrogens with zero attached hydrogens (tertiary/aromatic N) is 1. The zero-order valence-electron chi connectivity index (χ0n) is 11.6. The summed E-state index contributed by atoms with van der Waals surface area (Å²) in [4.78, 5) is 11.7. The van der Waals surface area contributed by atoms with Crippen LogP contribution in [0.15, 0.2) is 23.3 Å². The molecule has 0 aromatic heterocycles. The topological polar surface area (TPSA) is 69.2 Å². The zero-order valence-corrected chi connectivity index (χ0v) is 11.6. The Morgan fingerprint density at radius 2 is 2.30 bits per heavy atom. The van der Waals surface area contributed by atoms with Crippen molar-refractivity contribution in [1.29, 1.82) is 0 Å². The zero-order chi connectivity index (χ0) is 14.4. The lowest BCUT2D eigenvalue weighted by Crippen LogP contribution is -2.30.